The van der Waals surface area contributed by atoms with Gasteiger partial charge in [-0.25, -0.2) is 19.7 Å². The third-order valence-electron chi connectivity index (χ3n) is 6.16. The van der Waals surface area contributed by atoms with E-state index in [0.29, 0.717) is 18.1 Å². The second-order valence-corrected chi connectivity index (χ2v) is 8.31. The van der Waals surface area contributed by atoms with E-state index in [2.05, 4.69) is 38.2 Å². The van der Waals surface area contributed by atoms with Crippen LogP contribution in [0.25, 0.3) is 5.95 Å². The maximum atomic E-state index is 11.8. The van der Waals surface area contributed by atoms with Crippen LogP contribution in [0.4, 0.5) is 0 Å². The van der Waals surface area contributed by atoms with E-state index in [0.717, 1.165) is 54.4 Å². The van der Waals surface area contributed by atoms with Gasteiger partial charge in [-0.15, -0.1) is 0 Å². The van der Waals surface area contributed by atoms with Crippen LogP contribution in [0.3, 0.4) is 0 Å². The van der Waals surface area contributed by atoms with Crippen molar-refractivity contribution in [3.63, 3.8) is 0 Å². The Balaban J connectivity index is 1.29. The van der Waals surface area contributed by atoms with Gasteiger partial charge in [0.2, 0.25) is 5.95 Å². The first-order chi connectivity index (χ1) is 15.0. The molecule has 8 heteroatoms. The van der Waals surface area contributed by atoms with Crippen LogP contribution in [-0.2, 0) is 17.9 Å². The van der Waals surface area contributed by atoms with Gasteiger partial charge in [-0.2, -0.15) is 0 Å². The average Bonchev–Trinajstić information content (AvgIpc) is 3.31. The van der Waals surface area contributed by atoms with Gasteiger partial charge < -0.3 is 10.1 Å². The van der Waals surface area contributed by atoms with Gasteiger partial charge in [-0.3, -0.25) is 9.47 Å². The lowest BCUT2D eigenvalue weighted by atomic mass is 9.93. The summed E-state index contributed by atoms with van der Waals surface area (Å²) in [6, 6.07) is 4.18. The number of nitrogens with zero attached hydrogens (tertiary/aromatic N) is 5. The van der Waals surface area contributed by atoms with Crippen molar-refractivity contribution in [1.82, 2.24) is 29.7 Å². The van der Waals surface area contributed by atoms with Crippen LogP contribution < -0.4 is 5.32 Å². The van der Waals surface area contributed by atoms with Crippen LogP contribution in [0.5, 0.6) is 0 Å². The van der Waals surface area contributed by atoms with Crippen LogP contribution in [0.15, 0.2) is 30.7 Å². The summed E-state index contributed by atoms with van der Waals surface area (Å²) in [4.78, 5) is 27.8. The van der Waals surface area contributed by atoms with E-state index in [1.165, 1.54) is 5.56 Å². The molecule has 5 rings (SSSR count). The van der Waals surface area contributed by atoms with E-state index < -0.39 is 0 Å². The molecule has 0 radical (unpaired) electrons. The number of cyclic esters (lactones) is 1. The van der Waals surface area contributed by atoms with E-state index >= 15 is 0 Å². The molecule has 2 aromatic heterocycles. The summed E-state index contributed by atoms with van der Waals surface area (Å²) in [5.74, 6) is 1.31. The largest absolute Gasteiger partial charge is 0.457 e. The molecule has 2 aliphatic heterocycles. The van der Waals surface area contributed by atoms with E-state index in [1.807, 2.05) is 43.1 Å². The van der Waals surface area contributed by atoms with Crippen molar-refractivity contribution in [3.8, 4) is 5.95 Å². The normalized spacial score (nSPS) is 18.8. The summed E-state index contributed by atoms with van der Waals surface area (Å²) in [6.07, 6.45) is 5.75. The molecule has 0 amide bonds. The lowest BCUT2D eigenvalue weighted by molar-refractivity contribution is 0.0535. The van der Waals surface area contributed by atoms with Crippen LogP contribution in [-0.4, -0.2) is 50.0 Å². The number of carbonyl (C=O) groups is 1. The Bertz CT molecular complexity index is 1140. The Morgan fingerprint density at radius 3 is 2.74 bits per heavy atom. The van der Waals surface area contributed by atoms with Gasteiger partial charge in [-0.05, 0) is 38.0 Å². The molecule has 1 saturated heterocycles. The van der Waals surface area contributed by atoms with Gasteiger partial charge in [0, 0.05) is 61.9 Å². The minimum atomic E-state index is -0.215. The summed E-state index contributed by atoms with van der Waals surface area (Å²) < 4.78 is 7.12. The van der Waals surface area contributed by atoms with Crippen LogP contribution in [0, 0.1) is 20.8 Å². The van der Waals surface area contributed by atoms with E-state index in [1.54, 1.807) is 0 Å². The van der Waals surface area contributed by atoms with Crippen molar-refractivity contribution in [3.05, 3.63) is 70.1 Å². The van der Waals surface area contributed by atoms with Gasteiger partial charge in [0.25, 0.3) is 0 Å². The van der Waals surface area contributed by atoms with Crippen molar-refractivity contribution in [2.45, 2.75) is 40.0 Å². The standard InChI is InChI=1S/C23H26N6O2/c1-14-10-29(16(3)27-14)23-25-8-17(9-26-23)11-28-7-6-24-21(12-28)18-4-5-19-20(15(18)2)13-31-22(19)30/h4-5,8-10,21,24H,6-7,11-13H2,1-3H3. The molecule has 1 unspecified atom stereocenters. The summed E-state index contributed by atoms with van der Waals surface area (Å²) in [6.45, 7) is 9.93. The van der Waals surface area contributed by atoms with Gasteiger partial charge in [-0.1, -0.05) is 6.07 Å². The number of aryl methyl sites for hydroxylation is 2. The zero-order chi connectivity index (χ0) is 21.5. The molecule has 0 aliphatic carbocycles. The molecule has 1 fully saturated rings. The number of hydrogen-bond donors (Lipinski definition) is 1. The minimum Gasteiger partial charge on any atom is -0.457 e. The number of fused-ring (bicyclic) bond motifs is 1. The Kier molecular flexibility index (Phi) is 5.03. The zero-order valence-corrected chi connectivity index (χ0v) is 18.1. The quantitative estimate of drug-likeness (QED) is 0.651. The van der Waals surface area contributed by atoms with Gasteiger partial charge in [0.15, 0.2) is 0 Å². The molecule has 4 heterocycles. The third kappa shape index (κ3) is 3.73. The summed E-state index contributed by atoms with van der Waals surface area (Å²) in [5.41, 5.74) is 6.16. The maximum Gasteiger partial charge on any atom is 0.338 e. The number of carbonyl (C=O) groups excluding carboxylic acids is 1. The van der Waals surface area contributed by atoms with E-state index in [4.69, 9.17) is 4.74 Å². The Labute approximate surface area is 181 Å². The average molecular weight is 419 g/mol. The lowest BCUT2D eigenvalue weighted by Gasteiger charge is -2.34. The molecule has 1 aromatic carbocycles. The number of ether oxygens (including phenoxy) is 1. The second kappa shape index (κ2) is 7.86. The highest BCUT2D eigenvalue weighted by molar-refractivity contribution is 5.94. The molecule has 31 heavy (non-hydrogen) atoms. The number of aromatic nitrogens is 4. The van der Waals surface area contributed by atoms with Crippen molar-refractivity contribution in [1.29, 1.82) is 0 Å². The first kappa shape index (κ1) is 19.8. The number of hydrogen-bond acceptors (Lipinski definition) is 7. The molecular weight excluding hydrogens is 392 g/mol. The summed E-state index contributed by atoms with van der Waals surface area (Å²) in [7, 11) is 0. The minimum absolute atomic E-state index is 0.214. The van der Waals surface area contributed by atoms with Crippen molar-refractivity contribution < 1.29 is 9.53 Å². The predicted molar refractivity (Wildman–Crippen MR) is 115 cm³/mol. The molecule has 0 spiro atoms. The van der Waals surface area contributed by atoms with Crippen LogP contribution in [0.2, 0.25) is 0 Å². The third-order valence-corrected chi connectivity index (χ3v) is 6.16. The molecule has 3 aromatic rings. The van der Waals surface area contributed by atoms with Gasteiger partial charge in [0.05, 0.1) is 11.3 Å². The lowest BCUT2D eigenvalue weighted by Crippen LogP contribution is -2.45. The number of benzene rings is 1. The fourth-order valence-electron chi connectivity index (χ4n) is 4.54. The van der Waals surface area contributed by atoms with Crippen molar-refractivity contribution >= 4 is 5.97 Å². The van der Waals surface area contributed by atoms with E-state index in [-0.39, 0.29) is 12.0 Å². The van der Waals surface area contributed by atoms with Gasteiger partial charge in [0.1, 0.15) is 12.4 Å². The Morgan fingerprint density at radius 1 is 1.19 bits per heavy atom. The molecule has 1 atom stereocenters. The molecule has 0 bridgehead atoms. The fraction of sp³-hybridized carbons (Fsp3) is 0.391. The Morgan fingerprint density at radius 2 is 2.00 bits per heavy atom. The zero-order valence-electron chi connectivity index (χ0n) is 18.1. The number of nitrogens with one attached hydrogen (secondary N) is 1. The van der Waals surface area contributed by atoms with Crippen molar-refractivity contribution in [2.75, 3.05) is 19.6 Å². The smallest absolute Gasteiger partial charge is 0.338 e. The molecule has 8 nitrogen and oxygen atoms in total. The summed E-state index contributed by atoms with van der Waals surface area (Å²) in [5, 5.41) is 3.62. The first-order valence-electron chi connectivity index (χ1n) is 10.6. The summed E-state index contributed by atoms with van der Waals surface area (Å²) >= 11 is 0. The van der Waals surface area contributed by atoms with Gasteiger partial charge >= 0.3 is 5.97 Å². The highest BCUT2D eigenvalue weighted by atomic mass is 16.5. The monoisotopic (exact) mass is 418 g/mol. The fourth-order valence-corrected chi connectivity index (χ4v) is 4.54. The van der Waals surface area contributed by atoms with Crippen molar-refractivity contribution in [2.24, 2.45) is 0 Å². The number of piperazine rings is 1. The molecule has 1 N–H and O–H groups in total. The molecule has 160 valence electrons. The number of rotatable bonds is 4. The van der Waals surface area contributed by atoms with E-state index in [9.17, 15) is 4.79 Å². The molecule has 2 aliphatic rings. The second-order valence-electron chi connectivity index (χ2n) is 8.31. The predicted octanol–water partition coefficient (Wildman–Crippen LogP) is 2.40. The highest BCUT2D eigenvalue weighted by Crippen LogP contribution is 2.30. The Hall–Kier alpha value is -3.10. The number of esters is 1. The maximum absolute atomic E-state index is 11.8. The molecular formula is C23H26N6O2. The first-order valence-corrected chi connectivity index (χ1v) is 10.6. The van der Waals surface area contributed by atoms with Crippen LogP contribution in [0.1, 0.15) is 50.2 Å². The SMILES string of the molecule is Cc1cn(-c2ncc(CN3CCNC(c4ccc5c(c4C)COC5=O)C3)cn2)c(C)n1. The number of imidazole rings is 1. The molecule has 0 saturated carbocycles. The highest BCUT2D eigenvalue weighted by Gasteiger charge is 2.28. The van der Waals surface area contributed by atoms with Crippen LogP contribution >= 0.6 is 0 Å². The topological polar surface area (TPSA) is 85.2 Å².